The number of esters is 1. The Bertz CT molecular complexity index is 653. The van der Waals surface area contributed by atoms with Crippen LogP contribution in [0.5, 0.6) is 11.5 Å². The van der Waals surface area contributed by atoms with Gasteiger partial charge in [-0.2, -0.15) is 0 Å². The SMILES string of the molecule is CCOC(=O)C(=NOC)c1ccccc1Oc1ccccc1. The maximum absolute atomic E-state index is 12.0. The molecule has 2 aromatic rings. The number of para-hydroxylation sites is 2. The van der Waals surface area contributed by atoms with Gasteiger partial charge in [-0.3, -0.25) is 0 Å². The van der Waals surface area contributed by atoms with Gasteiger partial charge < -0.3 is 14.3 Å². The van der Waals surface area contributed by atoms with Crippen molar-refractivity contribution in [2.45, 2.75) is 6.92 Å². The van der Waals surface area contributed by atoms with E-state index in [2.05, 4.69) is 5.16 Å². The number of oxime groups is 1. The molecule has 0 unspecified atom stereocenters. The van der Waals surface area contributed by atoms with Gasteiger partial charge in [-0.25, -0.2) is 4.79 Å². The van der Waals surface area contributed by atoms with Crippen molar-refractivity contribution in [1.29, 1.82) is 0 Å². The fraction of sp³-hybridized carbons (Fsp3) is 0.176. The quantitative estimate of drug-likeness (QED) is 0.466. The van der Waals surface area contributed by atoms with Crippen molar-refractivity contribution in [2.24, 2.45) is 5.16 Å². The van der Waals surface area contributed by atoms with E-state index in [1.165, 1.54) is 7.11 Å². The van der Waals surface area contributed by atoms with E-state index in [4.69, 9.17) is 14.3 Å². The number of benzene rings is 2. The van der Waals surface area contributed by atoms with Crippen molar-refractivity contribution in [2.75, 3.05) is 13.7 Å². The molecule has 0 N–H and O–H groups in total. The Morgan fingerprint density at radius 1 is 1.05 bits per heavy atom. The van der Waals surface area contributed by atoms with Gasteiger partial charge in [-0.1, -0.05) is 35.5 Å². The highest BCUT2D eigenvalue weighted by molar-refractivity contribution is 6.43. The molecule has 0 bridgehead atoms. The molecule has 0 saturated carbocycles. The van der Waals surface area contributed by atoms with E-state index in [0.29, 0.717) is 17.1 Å². The third kappa shape index (κ3) is 3.85. The van der Waals surface area contributed by atoms with E-state index in [0.717, 1.165) is 0 Å². The summed E-state index contributed by atoms with van der Waals surface area (Å²) in [6, 6.07) is 16.4. The highest BCUT2D eigenvalue weighted by Gasteiger charge is 2.20. The first-order chi connectivity index (χ1) is 10.8. The molecule has 0 radical (unpaired) electrons. The number of hydrogen-bond acceptors (Lipinski definition) is 5. The second-order valence-electron chi connectivity index (χ2n) is 4.25. The molecule has 0 aliphatic carbocycles. The predicted molar refractivity (Wildman–Crippen MR) is 83.1 cm³/mol. The summed E-state index contributed by atoms with van der Waals surface area (Å²) in [4.78, 5) is 16.8. The van der Waals surface area contributed by atoms with Crippen LogP contribution in [0.25, 0.3) is 0 Å². The fourth-order valence-electron chi connectivity index (χ4n) is 1.85. The summed E-state index contributed by atoms with van der Waals surface area (Å²) < 4.78 is 10.8. The van der Waals surface area contributed by atoms with E-state index < -0.39 is 5.97 Å². The molecule has 0 aliphatic heterocycles. The first-order valence-corrected chi connectivity index (χ1v) is 6.86. The number of nitrogens with zero attached hydrogens (tertiary/aromatic N) is 1. The maximum atomic E-state index is 12.0. The highest BCUT2D eigenvalue weighted by atomic mass is 16.6. The molecule has 0 fully saturated rings. The first-order valence-electron chi connectivity index (χ1n) is 6.86. The van der Waals surface area contributed by atoms with E-state index in [9.17, 15) is 4.79 Å². The average molecular weight is 299 g/mol. The highest BCUT2D eigenvalue weighted by Crippen LogP contribution is 2.26. The van der Waals surface area contributed by atoms with Crippen LogP contribution in [0, 0.1) is 0 Å². The van der Waals surface area contributed by atoms with Gasteiger partial charge in [0.25, 0.3) is 0 Å². The van der Waals surface area contributed by atoms with Crippen LogP contribution in [0.3, 0.4) is 0 Å². The molecule has 0 amide bonds. The third-order valence-electron chi connectivity index (χ3n) is 2.76. The van der Waals surface area contributed by atoms with Crippen molar-refractivity contribution in [3.63, 3.8) is 0 Å². The molecule has 0 aliphatic rings. The van der Waals surface area contributed by atoms with Crippen molar-refractivity contribution in [1.82, 2.24) is 0 Å². The minimum Gasteiger partial charge on any atom is -0.461 e. The van der Waals surface area contributed by atoms with Crippen molar-refractivity contribution in [3.8, 4) is 11.5 Å². The molecule has 0 aromatic heterocycles. The molecular formula is C17H17NO4. The summed E-state index contributed by atoms with van der Waals surface area (Å²) in [5, 5.41) is 3.78. The maximum Gasteiger partial charge on any atom is 0.361 e. The molecule has 0 heterocycles. The van der Waals surface area contributed by atoms with Crippen molar-refractivity contribution >= 4 is 11.7 Å². The molecule has 22 heavy (non-hydrogen) atoms. The van der Waals surface area contributed by atoms with Crippen molar-refractivity contribution in [3.05, 3.63) is 60.2 Å². The Hall–Kier alpha value is -2.82. The van der Waals surface area contributed by atoms with Gasteiger partial charge in [0.2, 0.25) is 0 Å². The largest absolute Gasteiger partial charge is 0.461 e. The normalized spacial score (nSPS) is 10.9. The Balaban J connectivity index is 2.37. The fourth-order valence-corrected chi connectivity index (χ4v) is 1.85. The minimum atomic E-state index is -0.562. The monoisotopic (exact) mass is 299 g/mol. The van der Waals surface area contributed by atoms with E-state index in [1.54, 1.807) is 25.1 Å². The van der Waals surface area contributed by atoms with Crippen LogP contribution in [-0.2, 0) is 14.4 Å². The summed E-state index contributed by atoms with van der Waals surface area (Å²) >= 11 is 0. The lowest BCUT2D eigenvalue weighted by Gasteiger charge is -2.12. The lowest BCUT2D eigenvalue weighted by molar-refractivity contribution is -0.135. The molecule has 0 atom stereocenters. The Labute approximate surface area is 129 Å². The summed E-state index contributed by atoms with van der Waals surface area (Å²) in [5.74, 6) is 0.599. The second-order valence-corrected chi connectivity index (χ2v) is 4.25. The number of hydrogen-bond donors (Lipinski definition) is 0. The first kappa shape index (κ1) is 15.6. The smallest absolute Gasteiger partial charge is 0.361 e. The number of ether oxygens (including phenoxy) is 2. The predicted octanol–water partition coefficient (Wildman–Crippen LogP) is 3.39. The van der Waals surface area contributed by atoms with Crippen LogP contribution < -0.4 is 4.74 Å². The summed E-state index contributed by atoms with van der Waals surface area (Å²) in [6.45, 7) is 1.98. The summed E-state index contributed by atoms with van der Waals surface area (Å²) in [5.41, 5.74) is 0.572. The summed E-state index contributed by atoms with van der Waals surface area (Å²) in [7, 11) is 1.37. The Kier molecular flexibility index (Phi) is 5.54. The summed E-state index contributed by atoms with van der Waals surface area (Å²) in [6.07, 6.45) is 0. The topological polar surface area (TPSA) is 57.1 Å². The van der Waals surface area contributed by atoms with Gasteiger partial charge in [0.05, 0.1) is 12.2 Å². The van der Waals surface area contributed by atoms with Crippen LogP contribution in [0.4, 0.5) is 0 Å². The zero-order chi connectivity index (χ0) is 15.8. The number of carbonyl (C=O) groups excluding carboxylic acids is 1. The van der Waals surface area contributed by atoms with Gasteiger partial charge in [-0.15, -0.1) is 0 Å². The number of rotatable bonds is 6. The van der Waals surface area contributed by atoms with Gasteiger partial charge in [0, 0.05) is 0 Å². The van der Waals surface area contributed by atoms with E-state index in [-0.39, 0.29) is 12.3 Å². The minimum absolute atomic E-state index is 0.0656. The van der Waals surface area contributed by atoms with Crippen LogP contribution in [-0.4, -0.2) is 25.4 Å². The van der Waals surface area contributed by atoms with Gasteiger partial charge >= 0.3 is 5.97 Å². The molecule has 0 spiro atoms. The Morgan fingerprint density at radius 2 is 1.73 bits per heavy atom. The van der Waals surface area contributed by atoms with Crippen LogP contribution in [0.2, 0.25) is 0 Å². The zero-order valence-electron chi connectivity index (χ0n) is 12.5. The second kappa shape index (κ2) is 7.83. The Morgan fingerprint density at radius 3 is 2.41 bits per heavy atom. The van der Waals surface area contributed by atoms with Gasteiger partial charge in [0.1, 0.15) is 18.6 Å². The zero-order valence-corrected chi connectivity index (χ0v) is 12.5. The van der Waals surface area contributed by atoms with E-state index in [1.807, 2.05) is 36.4 Å². The molecule has 5 nitrogen and oxygen atoms in total. The van der Waals surface area contributed by atoms with Crippen LogP contribution in [0.15, 0.2) is 59.8 Å². The van der Waals surface area contributed by atoms with Crippen LogP contribution in [0.1, 0.15) is 12.5 Å². The number of carbonyl (C=O) groups is 1. The van der Waals surface area contributed by atoms with Gasteiger partial charge in [0.15, 0.2) is 5.71 Å². The third-order valence-corrected chi connectivity index (χ3v) is 2.76. The van der Waals surface area contributed by atoms with Gasteiger partial charge in [-0.05, 0) is 31.2 Å². The molecular weight excluding hydrogens is 282 g/mol. The standard InChI is InChI=1S/C17H17NO4/c1-3-21-17(19)16(18-20-2)14-11-7-8-12-15(14)22-13-9-5-4-6-10-13/h4-12H,3H2,1-2H3. The molecule has 114 valence electrons. The lowest BCUT2D eigenvalue weighted by Crippen LogP contribution is -2.19. The molecule has 5 heteroatoms. The molecule has 2 aromatic carbocycles. The van der Waals surface area contributed by atoms with Crippen molar-refractivity contribution < 1.29 is 19.1 Å². The average Bonchev–Trinajstić information content (AvgIpc) is 2.54. The van der Waals surface area contributed by atoms with E-state index >= 15 is 0 Å². The molecule has 0 saturated heterocycles. The molecule has 2 rings (SSSR count). The lowest BCUT2D eigenvalue weighted by atomic mass is 10.1. The van der Waals surface area contributed by atoms with Crippen LogP contribution >= 0.6 is 0 Å².